The number of rotatable bonds is 6. The van der Waals surface area contributed by atoms with Gasteiger partial charge < -0.3 is 10.2 Å². The van der Waals surface area contributed by atoms with Crippen molar-refractivity contribution in [3.8, 4) is 6.07 Å². The third-order valence-electron chi connectivity index (χ3n) is 6.25. The van der Waals surface area contributed by atoms with Crippen LogP contribution in [0.2, 0.25) is 0 Å². The van der Waals surface area contributed by atoms with Gasteiger partial charge in [0.1, 0.15) is 6.07 Å². The topological polar surface area (TPSA) is 76.4 Å². The highest BCUT2D eigenvalue weighted by atomic mass is 32.2. The number of aryl methyl sites for hydroxylation is 1. The normalized spacial score (nSPS) is 13.8. The Hall–Kier alpha value is -3.60. The lowest BCUT2D eigenvalue weighted by Gasteiger charge is -2.34. The van der Waals surface area contributed by atoms with Gasteiger partial charge in [0.05, 0.1) is 17.7 Å². The van der Waals surface area contributed by atoms with Crippen LogP contribution in [0.1, 0.15) is 27.0 Å². The van der Waals surface area contributed by atoms with Crippen LogP contribution in [0.5, 0.6) is 0 Å². The van der Waals surface area contributed by atoms with E-state index in [2.05, 4.69) is 16.3 Å². The van der Waals surface area contributed by atoms with Gasteiger partial charge in [-0.3, -0.25) is 14.5 Å². The summed E-state index contributed by atoms with van der Waals surface area (Å²) in [4.78, 5) is 31.5. The molecule has 0 unspecified atom stereocenters. The minimum Gasteiger partial charge on any atom is -0.336 e. The molecule has 178 valence electrons. The van der Waals surface area contributed by atoms with E-state index >= 15 is 0 Å². The van der Waals surface area contributed by atoms with Crippen molar-refractivity contribution in [1.82, 2.24) is 9.80 Å². The average Bonchev–Trinajstić information content (AvgIpc) is 2.87. The first-order valence-electron chi connectivity index (χ1n) is 11.6. The molecule has 35 heavy (non-hydrogen) atoms. The van der Waals surface area contributed by atoms with E-state index in [0.717, 1.165) is 26.6 Å². The molecule has 1 fully saturated rings. The number of nitrogens with zero attached hydrogens (tertiary/aromatic N) is 3. The van der Waals surface area contributed by atoms with Gasteiger partial charge in [-0.1, -0.05) is 48.2 Å². The Balaban J connectivity index is 1.36. The molecule has 0 saturated carbocycles. The molecule has 0 aliphatic carbocycles. The molecule has 1 saturated heterocycles. The fraction of sp³-hybridized carbons (Fsp3) is 0.250. The summed E-state index contributed by atoms with van der Waals surface area (Å²) in [6, 6.07) is 23.0. The number of hydrogen-bond donors (Lipinski definition) is 1. The van der Waals surface area contributed by atoms with Crippen LogP contribution in [0.25, 0.3) is 0 Å². The third-order valence-corrected chi connectivity index (χ3v) is 7.40. The summed E-state index contributed by atoms with van der Waals surface area (Å²) >= 11 is 1.44. The number of anilines is 1. The summed E-state index contributed by atoms with van der Waals surface area (Å²) in [7, 11) is 0. The second-order valence-corrected chi connectivity index (χ2v) is 9.65. The Bertz CT molecular complexity index is 1280. The van der Waals surface area contributed by atoms with E-state index in [-0.39, 0.29) is 11.8 Å². The number of piperazine rings is 1. The largest absolute Gasteiger partial charge is 0.336 e. The first-order chi connectivity index (χ1) is 17.0. The van der Waals surface area contributed by atoms with E-state index in [9.17, 15) is 14.9 Å². The van der Waals surface area contributed by atoms with Crippen LogP contribution in [0.3, 0.4) is 0 Å². The number of nitriles is 1. The molecule has 0 spiro atoms. The fourth-order valence-corrected chi connectivity index (χ4v) is 5.08. The van der Waals surface area contributed by atoms with E-state index in [4.69, 9.17) is 0 Å². The molecule has 2 amide bonds. The summed E-state index contributed by atoms with van der Waals surface area (Å²) in [5.74, 6) is -0.0709. The lowest BCUT2D eigenvalue weighted by Crippen LogP contribution is -2.50. The van der Waals surface area contributed by atoms with Crippen LogP contribution in [0.15, 0.2) is 76.5 Å². The van der Waals surface area contributed by atoms with Crippen LogP contribution in [-0.2, 0) is 4.79 Å². The predicted octanol–water partition coefficient (Wildman–Crippen LogP) is 4.72. The fourth-order valence-electron chi connectivity index (χ4n) is 4.06. The summed E-state index contributed by atoms with van der Waals surface area (Å²) in [6.07, 6.45) is 0. The molecule has 6 nitrogen and oxygen atoms in total. The lowest BCUT2D eigenvalue weighted by atomic mass is 10.1. The maximum atomic E-state index is 13.4. The van der Waals surface area contributed by atoms with Crippen molar-refractivity contribution >= 4 is 29.3 Å². The van der Waals surface area contributed by atoms with Crippen molar-refractivity contribution < 1.29 is 9.59 Å². The van der Waals surface area contributed by atoms with E-state index in [1.807, 2.05) is 79.4 Å². The lowest BCUT2D eigenvalue weighted by molar-refractivity contribution is -0.117. The quantitative estimate of drug-likeness (QED) is 0.548. The molecule has 7 heteroatoms. The molecule has 1 aliphatic heterocycles. The Kier molecular flexibility index (Phi) is 7.86. The Labute approximate surface area is 210 Å². The van der Waals surface area contributed by atoms with Gasteiger partial charge in [0, 0.05) is 41.7 Å². The van der Waals surface area contributed by atoms with Crippen molar-refractivity contribution in [2.24, 2.45) is 0 Å². The molecule has 1 N–H and O–H groups in total. The van der Waals surface area contributed by atoms with Crippen molar-refractivity contribution in [2.45, 2.75) is 23.6 Å². The first-order valence-corrected chi connectivity index (χ1v) is 12.4. The number of hydrogen-bond acceptors (Lipinski definition) is 5. The van der Waals surface area contributed by atoms with Gasteiger partial charge in [-0.05, 0) is 55.3 Å². The highest BCUT2D eigenvalue weighted by molar-refractivity contribution is 7.99. The van der Waals surface area contributed by atoms with E-state index in [1.165, 1.54) is 11.8 Å². The molecule has 0 atom stereocenters. The number of carbonyl (C=O) groups excluding carboxylic acids is 2. The van der Waals surface area contributed by atoms with E-state index in [0.29, 0.717) is 43.9 Å². The molecule has 0 aromatic heterocycles. The monoisotopic (exact) mass is 484 g/mol. The first kappa shape index (κ1) is 24.5. The minimum absolute atomic E-state index is 0.0259. The van der Waals surface area contributed by atoms with Crippen molar-refractivity contribution in [1.29, 1.82) is 5.26 Å². The summed E-state index contributed by atoms with van der Waals surface area (Å²) < 4.78 is 0. The smallest absolute Gasteiger partial charge is 0.255 e. The van der Waals surface area contributed by atoms with Gasteiger partial charge >= 0.3 is 0 Å². The summed E-state index contributed by atoms with van der Waals surface area (Å²) in [5.41, 5.74) is 4.28. The summed E-state index contributed by atoms with van der Waals surface area (Å²) in [6.45, 7) is 6.72. The van der Waals surface area contributed by atoms with Gasteiger partial charge in [0.2, 0.25) is 5.91 Å². The molecule has 0 radical (unpaired) electrons. The number of benzene rings is 3. The second-order valence-electron chi connectivity index (χ2n) is 8.57. The SMILES string of the molecule is Cc1cccc(NC(=O)CN2CCN(C(=O)c3ccccc3Sc3ccccc3C#N)CC2)c1C. The Morgan fingerprint density at radius 2 is 1.60 bits per heavy atom. The van der Waals surface area contributed by atoms with Gasteiger partial charge in [-0.25, -0.2) is 0 Å². The molecular weight excluding hydrogens is 456 g/mol. The van der Waals surface area contributed by atoms with Crippen LogP contribution in [0.4, 0.5) is 5.69 Å². The highest BCUT2D eigenvalue weighted by Crippen LogP contribution is 2.33. The molecular formula is C28H28N4O2S. The van der Waals surface area contributed by atoms with Gasteiger partial charge in [0.25, 0.3) is 5.91 Å². The minimum atomic E-state index is -0.0450. The summed E-state index contributed by atoms with van der Waals surface area (Å²) in [5, 5.41) is 12.4. The van der Waals surface area contributed by atoms with Gasteiger partial charge in [-0.2, -0.15) is 5.26 Å². The molecule has 3 aromatic carbocycles. The maximum absolute atomic E-state index is 13.4. The van der Waals surface area contributed by atoms with Crippen LogP contribution in [-0.4, -0.2) is 54.3 Å². The highest BCUT2D eigenvalue weighted by Gasteiger charge is 2.25. The van der Waals surface area contributed by atoms with E-state index < -0.39 is 0 Å². The van der Waals surface area contributed by atoms with Crippen molar-refractivity contribution in [3.63, 3.8) is 0 Å². The zero-order chi connectivity index (χ0) is 24.8. The van der Waals surface area contributed by atoms with Gasteiger partial charge in [0.15, 0.2) is 0 Å². The molecule has 1 heterocycles. The molecule has 1 aliphatic rings. The molecule has 3 aromatic rings. The van der Waals surface area contributed by atoms with Crippen LogP contribution in [0, 0.1) is 25.2 Å². The number of nitrogens with one attached hydrogen (secondary N) is 1. The van der Waals surface area contributed by atoms with Crippen molar-refractivity contribution in [3.05, 3.63) is 89.0 Å². The third kappa shape index (κ3) is 5.91. The van der Waals surface area contributed by atoms with Crippen LogP contribution >= 0.6 is 11.8 Å². The molecule has 0 bridgehead atoms. The second kappa shape index (κ2) is 11.2. The predicted molar refractivity (Wildman–Crippen MR) is 139 cm³/mol. The van der Waals surface area contributed by atoms with Crippen molar-refractivity contribution in [2.75, 3.05) is 38.0 Å². The van der Waals surface area contributed by atoms with E-state index in [1.54, 1.807) is 6.07 Å². The number of amides is 2. The zero-order valence-corrected chi connectivity index (χ0v) is 20.8. The number of carbonyl (C=O) groups is 2. The average molecular weight is 485 g/mol. The van der Waals surface area contributed by atoms with Gasteiger partial charge in [-0.15, -0.1) is 0 Å². The Morgan fingerprint density at radius 1 is 0.914 bits per heavy atom. The molecule has 4 rings (SSSR count). The maximum Gasteiger partial charge on any atom is 0.255 e. The van der Waals surface area contributed by atoms with Crippen LogP contribution < -0.4 is 5.32 Å². The zero-order valence-electron chi connectivity index (χ0n) is 20.0. The standard InChI is InChI=1S/C28H28N4O2S/c1-20-8-7-11-24(21(20)2)30-27(33)19-31-14-16-32(17-15-31)28(34)23-10-4-6-13-26(23)35-25-12-5-3-9-22(25)18-29/h3-13H,14-17,19H2,1-2H3,(H,30,33). The Morgan fingerprint density at radius 3 is 2.34 bits per heavy atom.